The molecular formula is C18H21N3O4. The fraction of sp³-hybridized carbons (Fsp3) is 0.444. The molecule has 7 heteroatoms. The fourth-order valence-corrected chi connectivity index (χ4v) is 3.45. The van der Waals surface area contributed by atoms with Crippen LogP contribution >= 0.6 is 0 Å². The number of nitrogens with zero attached hydrogens (tertiary/aromatic N) is 2. The number of aromatic nitrogens is 2. The van der Waals surface area contributed by atoms with Crippen molar-refractivity contribution in [1.82, 2.24) is 14.9 Å². The number of amides is 1. The van der Waals surface area contributed by atoms with Gasteiger partial charge in [-0.1, -0.05) is 6.07 Å². The summed E-state index contributed by atoms with van der Waals surface area (Å²) in [4.78, 5) is 17.4. The number of carbonyl (C=O) groups is 1. The zero-order valence-corrected chi connectivity index (χ0v) is 14.1. The first-order valence-corrected chi connectivity index (χ1v) is 8.48. The average molecular weight is 343 g/mol. The predicted octanol–water partition coefficient (Wildman–Crippen LogP) is 2.05. The second-order valence-corrected chi connectivity index (χ2v) is 6.34. The Bertz CT molecular complexity index is 767. The standard InChI is InChI=1S/C18H21N3O4/c1-21-8-7-19-17(21)15(12-5-9-23-10-6-12)20-18(22)13-3-2-4-14-16(13)25-11-24-14/h2-4,7-8,12,15H,5-6,9-11H2,1H3,(H,20,22)/t15-/m0/s1. The van der Waals surface area contributed by atoms with E-state index in [0.717, 1.165) is 18.7 Å². The highest BCUT2D eigenvalue weighted by molar-refractivity contribution is 5.98. The van der Waals surface area contributed by atoms with Gasteiger partial charge in [-0.15, -0.1) is 0 Å². The number of ether oxygens (including phenoxy) is 3. The number of carbonyl (C=O) groups excluding carboxylic acids is 1. The molecule has 2 aliphatic rings. The van der Waals surface area contributed by atoms with Gasteiger partial charge in [0.05, 0.1) is 11.6 Å². The molecule has 3 heterocycles. The second-order valence-electron chi connectivity index (χ2n) is 6.34. The maximum Gasteiger partial charge on any atom is 0.255 e. The summed E-state index contributed by atoms with van der Waals surface area (Å²) in [6.45, 7) is 1.56. The summed E-state index contributed by atoms with van der Waals surface area (Å²) in [5, 5.41) is 3.16. The summed E-state index contributed by atoms with van der Waals surface area (Å²) in [5.41, 5.74) is 0.487. The monoisotopic (exact) mass is 343 g/mol. The van der Waals surface area contributed by atoms with Crippen LogP contribution in [-0.2, 0) is 11.8 Å². The van der Waals surface area contributed by atoms with Crippen LogP contribution in [0, 0.1) is 5.92 Å². The Labute approximate surface area is 145 Å². The molecule has 4 rings (SSSR count). The molecule has 1 amide bonds. The zero-order valence-electron chi connectivity index (χ0n) is 14.1. The Balaban J connectivity index is 1.61. The lowest BCUT2D eigenvalue weighted by Gasteiger charge is -2.30. The van der Waals surface area contributed by atoms with Crippen molar-refractivity contribution in [1.29, 1.82) is 0 Å². The van der Waals surface area contributed by atoms with E-state index < -0.39 is 0 Å². The van der Waals surface area contributed by atoms with Gasteiger partial charge in [-0.05, 0) is 30.9 Å². The molecule has 2 aliphatic heterocycles. The van der Waals surface area contributed by atoms with Gasteiger partial charge < -0.3 is 24.1 Å². The van der Waals surface area contributed by atoms with Gasteiger partial charge in [-0.25, -0.2) is 4.98 Å². The summed E-state index contributed by atoms with van der Waals surface area (Å²) in [7, 11) is 1.94. The Morgan fingerprint density at radius 3 is 2.92 bits per heavy atom. The van der Waals surface area contributed by atoms with Crippen LogP contribution in [0.5, 0.6) is 11.5 Å². The van der Waals surface area contributed by atoms with Crippen LogP contribution in [0.3, 0.4) is 0 Å². The van der Waals surface area contributed by atoms with E-state index in [1.807, 2.05) is 17.8 Å². The molecule has 1 aromatic carbocycles. The topological polar surface area (TPSA) is 74.6 Å². The summed E-state index contributed by atoms with van der Waals surface area (Å²) < 4.78 is 18.3. The third-order valence-corrected chi connectivity index (χ3v) is 4.80. The number of fused-ring (bicyclic) bond motifs is 1. The Morgan fingerprint density at radius 2 is 2.16 bits per heavy atom. The van der Waals surface area contributed by atoms with Crippen molar-refractivity contribution in [2.24, 2.45) is 13.0 Å². The van der Waals surface area contributed by atoms with Gasteiger partial charge >= 0.3 is 0 Å². The smallest absolute Gasteiger partial charge is 0.255 e. The largest absolute Gasteiger partial charge is 0.454 e. The molecule has 25 heavy (non-hydrogen) atoms. The predicted molar refractivity (Wildman–Crippen MR) is 89.5 cm³/mol. The number of benzene rings is 1. The van der Waals surface area contributed by atoms with Gasteiger partial charge in [0.15, 0.2) is 11.5 Å². The maximum absolute atomic E-state index is 12.9. The number of aryl methyl sites for hydroxylation is 1. The summed E-state index contributed by atoms with van der Waals surface area (Å²) in [6.07, 6.45) is 5.44. The van der Waals surface area contributed by atoms with Crippen LogP contribution in [-0.4, -0.2) is 35.5 Å². The molecule has 0 radical (unpaired) electrons. The quantitative estimate of drug-likeness (QED) is 0.920. The molecule has 0 unspecified atom stereocenters. The normalized spacial score (nSPS) is 18.1. The first kappa shape index (κ1) is 16.0. The molecule has 1 aromatic heterocycles. The molecule has 0 saturated carbocycles. The van der Waals surface area contributed by atoms with Crippen LogP contribution in [0.1, 0.15) is 35.1 Å². The molecule has 0 bridgehead atoms. The van der Waals surface area contributed by atoms with E-state index >= 15 is 0 Å². The average Bonchev–Trinajstić information content (AvgIpc) is 3.28. The molecule has 1 saturated heterocycles. The number of imidazole rings is 1. The lowest BCUT2D eigenvalue weighted by atomic mass is 9.90. The van der Waals surface area contributed by atoms with Crippen LogP contribution < -0.4 is 14.8 Å². The van der Waals surface area contributed by atoms with Gasteiger partial charge in [0, 0.05) is 32.7 Å². The van der Waals surface area contributed by atoms with E-state index in [2.05, 4.69) is 10.3 Å². The lowest BCUT2D eigenvalue weighted by molar-refractivity contribution is 0.0498. The number of nitrogens with one attached hydrogen (secondary N) is 1. The zero-order chi connectivity index (χ0) is 17.2. The van der Waals surface area contributed by atoms with Crippen LogP contribution in [0.25, 0.3) is 0 Å². The SMILES string of the molecule is Cn1ccnc1[C@@H](NC(=O)c1cccc2c1OCO2)C1CCOCC1. The minimum atomic E-state index is -0.179. The van der Waals surface area contributed by atoms with E-state index in [4.69, 9.17) is 14.2 Å². The first-order chi connectivity index (χ1) is 12.2. The molecular weight excluding hydrogens is 322 g/mol. The van der Waals surface area contributed by atoms with E-state index in [-0.39, 0.29) is 24.7 Å². The molecule has 1 atom stereocenters. The minimum Gasteiger partial charge on any atom is -0.454 e. The third kappa shape index (κ3) is 3.07. The van der Waals surface area contributed by atoms with Crippen molar-refractivity contribution in [3.8, 4) is 11.5 Å². The van der Waals surface area contributed by atoms with Gasteiger partial charge in [0.2, 0.25) is 6.79 Å². The van der Waals surface area contributed by atoms with Crippen LogP contribution in [0.4, 0.5) is 0 Å². The minimum absolute atomic E-state index is 0.141. The number of hydrogen-bond acceptors (Lipinski definition) is 5. The number of rotatable bonds is 4. The van der Waals surface area contributed by atoms with Crippen molar-refractivity contribution in [3.63, 3.8) is 0 Å². The molecule has 0 spiro atoms. The Morgan fingerprint density at radius 1 is 1.32 bits per heavy atom. The highest BCUT2D eigenvalue weighted by Gasteiger charge is 2.31. The van der Waals surface area contributed by atoms with Crippen molar-refractivity contribution >= 4 is 5.91 Å². The van der Waals surface area contributed by atoms with Crippen molar-refractivity contribution in [2.45, 2.75) is 18.9 Å². The highest BCUT2D eigenvalue weighted by Crippen LogP contribution is 2.36. The third-order valence-electron chi connectivity index (χ3n) is 4.80. The summed E-state index contributed by atoms with van der Waals surface area (Å²) >= 11 is 0. The molecule has 1 N–H and O–H groups in total. The molecule has 7 nitrogen and oxygen atoms in total. The molecule has 2 aromatic rings. The highest BCUT2D eigenvalue weighted by atomic mass is 16.7. The number of para-hydroxylation sites is 1. The van der Waals surface area contributed by atoms with E-state index in [9.17, 15) is 4.79 Å². The molecule has 132 valence electrons. The Kier molecular flexibility index (Phi) is 4.31. The fourth-order valence-electron chi connectivity index (χ4n) is 3.45. The van der Waals surface area contributed by atoms with Crippen molar-refractivity contribution in [3.05, 3.63) is 42.0 Å². The van der Waals surface area contributed by atoms with E-state index in [1.54, 1.807) is 24.4 Å². The first-order valence-electron chi connectivity index (χ1n) is 8.48. The van der Waals surface area contributed by atoms with E-state index in [0.29, 0.717) is 30.3 Å². The molecule has 1 fully saturated rings. The van der Waals surface area contributed by atoms with Gasteiger partial charge in [-0.2, -0.15) is 0 Å². The van der Waals surface area contributed by atoms with Gasteiger partial charge in [-0.3, -0.25) is 4.79 Å². The van der Waals surface area contributed by atoms with Crippen molar-refractivity contribution < 1.29 is 19.0 Å². The Hall–Kier alpha value is -2.54. The molecule has 0 aliphatic carbocycles. The summed E-state index contributed by atoms with van der Waals surface area (Å²) in [6, 6.07) is 5.18. The van der Waals surface area contributed by atoms with Gasteiger partial charge in [0.1, 0.15) is 5.82 Å². The lowest BCUT2D eigenvalue weighted by Crippen LogP contribution is -2.37. The summed E-state index contributed by atoms with van der Waals surface area (Å²) in [5.74, 6) is 2.07. The van der Waals surface area contributed by atoms with Crippen LogP contribution in [0.2, 0.25) is 0 Å². The number of hydrogen-bond donors (Lipinski definition) is 1. The second kappa shape index (κ2) is 6.76. The van der Waals surface area contributed by atoms with Gasteiger partial charge in [0.25, 0.3) is 5.91 Å². The maximum atomic E-state index is 12.9. The van der Waals surface area contributed by atoms with E-state index in [1.165, 1.54) is 0 Å². The van der Waals surface area contributed by atoms with Crippen LogP contribution in [0.15, 0.2) is 30.6 Å². The van der Waals surface area contributed by atoms with Crippen molar-refractivity contribution in [2.75, 3.05) is 20.0 Å².